The number of amides is 1. The minimum atomic E-state index is -0.106. The second-order valence-electron chi connectivity index (χ2n) is 8.08. The summed E-state index contributed by atoms with van der Waals surface area (Å²) in [5, 5.41) is 17.1. The number of aliphatic hydroxyl groups is 1. The highest BCUT2D eigenvalue weighted by Gasteiger charge is 2.33. The van der Waals surface area contributed by atoms with Crippen LogP contribution in [-0.4, -0.2) is 53.3 Å². The van der Waals surface area contributed by atoms with Gasteiger partial charge in [0.1, 0.15) is 22.1 Å². The molecule has 7 nitrogen and oxygen atoms in total. The summed E-state index contributed by atoms with van der Waals surface area (Å²) in [6, 6.07) is 8.07. The molecule has 31 heavy (non-hydrogen) atoms. The van der Waals surface area contributed by atoms with E-state index in [0.29, 0.717) is 17.4 Å². The smallest absolute Gasteiger partial charge is 0.266 e. The molecular weight excluding hydrogens is 410 g/mol. The standard InChI is InChI=1S/C23H25N5O2S/c29-13-17-11-16-3-1-2-4-19(16)28(17)21-18-5-6-20(31-23(18)27-14-26-21)22(30)25-12-15-7-9-24-10-8-15/h1-5,14-15,17,24,29H,7-13H2,(H,25,30)/t17-/m0/s1. The topological polar surface area (TPSA) is 90.4 Å². The zero-order valence-corrected chi connectivity index (χ0v) is 18.0. The molecule has 0 saturated carbocycles. The summed E-state index contributed by atoms with van der Waals surface area (Å²) in [6.07, 6.45) is 6.27. The molecule has 0 unspecified atom stereocenters. The van der Waals surface area contributed by atoms with Crippen molar-refractivity contribution in [1.82, 2.24) is 20.6 Å². The Labute approximate surface area is 185 Å². The molecule has 8 heteroatoms. The van der Waals surface area contributed by atoms with Gasteiger partial charge < -0.3 is 20.6 Å². The van der Waals surface area contributed by atoms with Crippen LogP contribution in [0.5, 0.6) is 0 Å². The van der Waals surface area contributed by atoms with Gasteiger partial charge in [0.15, 0.2) is 0 Å². The molecule has 0 radical (unpaired) electrons. The molecule has 160 valence electrons. The van der Waals surface area contributed by atoms with Gasteiger partial charge in [-0.1, -0.05) is 35.7 Å². The molecule has 1 saturated heterocycles. The Morgan fingerprint density at radius 3 is 2.97 bits per heavy atom. The molecule has 1 amide bonds. The lowest BCUT2D eigenvalue weighted by Gasteiger charge is -2.27. The van der Waals surface area contributed by atoms with E-state index in [9.17, 15) is 9.90 Å². The lowest BCUT2D eigenvalue weighted by atomic mass is 9.98. The second-order valence-corrected chi connectivity index (χ2v) is 9.08. The van der Waals surface area contributed by atoms with E-state index in [1.165, 1.54) is 23.7 Å². The maximum atomic E-state index is 12.7. The summed E-state index contributed by atoms with van der Waals surface area (Å²) in [7, 11) is 0. The number of aliphatic hydroxyl groups excluding tert-OH is 1. The van der Waals surface area contributed by atoms with Crippen molar-refractivity contribution in [3.8, 4) is 0 Å². The number of hydrogen-bond acceptors (Lipinski definition) is 7. The van der Waals surface area contributed by atoms with Gasteiger partial charge in [0.2, 0.25) is 0 Å². The van der Waals surface area contributed by atoms with E-state index in [1.807, 2.05) is 12.1 Å². The third-order valence-corrected chi connectivity index (χ3v) is 7.13. The predicted molar refractivity (Wildman–Crippen MR) is 121 cm³/mol. The van der Waals surface area contributed by atoms with Gasteiger partial charge in [-0.05, 0) is 56.0 Å². The first kappa shape index (κ1) is 20.3. The molecule has 0 bridgehead atoms. The first-order valence-corrected chi connectivity index (χ1v) is 11.5. The van der Waals surface area contributed by atoms with Crippen molar-refractivity contribution in [1.29, 1.82) is 0 Å². The Morgan fingerprint density at radius 1 is 1.29 bits per heavy atom. The van der Waals surface area contributed by atoms with E-state index in [2.05, 4.69) is 43.4 Å². The Kier molecular flexibility index (Phi) is 5.78. The summed E-state index contributed by atoms with van der Waals surface area (Å²) in [6.45, 7) is 2.75. The molecular formula is C23H25N5O2S. The quantitative estimate of drug-likeness (QED) is 0.490. The molecule has 1 fully saturated rings. The van der Waals surface area contributed by atoms with Gasteiger partial charge in [-0.15, -0.1) is 0 Å². The monoisotopic (exact) mass is 435 g/mol. The zero-order chi connectivity index (χ0) is 21.2. The fourth-order valence-electron chi connectivity index (χ4n) is 4.44. The second kappa shape index (κ2) is 8.85. The molecule has 3 N–H and O–H groups in total. The molecule has 4 heterocycles. The van der Waals surface area contributed by atoms with Crippen LogP contribution in [0.4, 0.5) is 11.5 Å². The van der Waals surface area contributed by atoms with Gasteiger partial charge in [-0.2, -0.15) is 0 Å². The van der Waals surface area contributed by atoms with Gasteiger partial charge in [0, 0.05) is 12.2 Å². The number of carbonyl (C=O) groups is 1. The number of rotatable bonds is 5. The van der Waals surface area contributed by atoms with Gasteiger partial charge >= 0.3 is 0 Å². The Hall–Kier alpha value is -2.64. The average Bonchev–Trinajstić information content (AvgIpc) is 3.21. The highest BCUT2D eigenvalue weighted by molar-refractivity contribution is 8.04. The van der Waals surface area contributed by atoms with E-state index in [-0.39, 0.29) is 18.6 Å². The zero-order valence-electron chi connectivity index (χ0n) is 17.2. The van der Waals surface area contributed by atoms with E-state index in [0.717, 1.165) is 54.4 Å². The Balaban J connectivity index is 1.39. The van der Waals surface area contributed by atoms with Crippen LogP contribution < -0.4 is 15.5 Å². The molecule has 1 aromatic heterocycles. The average molecular weight is 436 g/mol. The van der Waals surface area contributed by atoms with Crippen molar-refractivity contribution >= 4 is 35.3 Å². The summed E-state index contributed by atoms with van der Waals surface area (Å²) >= 11 is 1.32. The van der Waals surface area contributed by atoms with Crippen molar-refractivity contribution in [2.24, 2.45) is 5.92 Å². The van der Waals surface area contributed by atoms with Crippen LogP contribution >= 0.6 is 11.8 Å². The molecule has 1 aromatic carbocycles. The summed E-state index contributed by atoms with van der Waals surface area (Å²) in [4.78, 5) is 24.3. The number of carbonyl (C=O) groups excluding carboxylic acids is 1. The largest absolute Gasteiger partial charge is 0.394 e. The van der Waals surface area contributed by atoms with Crippen LogP contribution in [0.25, 0.3) is 6.08 Å². The maximum Gasteiger partial charge on any atom is 0.266 e. The first-order valence-electron chi connectivity index (χ1n) is 10.7. The number of fused-ring (bicyclic) bond motifs is 2. The lowest BCUT2D eigenvalue weighted by molar-refractivity contribution is -0.117. The molecule has 3 aliphatic rings. The van der Waals surface area contributed by atoms with Gasteiger partial charge in [-0.3, -0.25) is 4.79 Å². The van der Waals surface area contributed by atoms with Crippen molar-refractivity contribution in [2.45, 2.75) is 30.3 Å². The van der Waals surface area contributed by atoms with E-state index < -0.39 is 0 Å². The normalized spacial score (nSPS) is 20.2. The summed E-state index contributed by atoms with van der Waals surface area (Å²) < 4.78 is 0. The van der Waals surface area contributed by atoms with Gasteiger partial charge in [-0.25, -0.2) is 9.97 Å². The molecule has 2 aromatic rings. The number of anilines is 2. The van der Waals surface area contributed by atoms with Crippen LogP contribution in [0.3, 0.4) is 0 Å². The minimum absolute atomic E-state index is 0.0322. The van der Waals surface area contributed by atoms with Crippen molar-refractivity contribution in [2.75, 3.05) is 31.1 Å². The highest BCUT2D eigenvalue weighted by Crippen LogP contribution is 2.42. The Bertz CT molecular complexity index is 1060. The van der Waals surface area contributed by atoms with Crippen LogP contribution in [0.15, 0.2) is 46.3 Å². The molecule has 3 aliphatic heterocycles. The third kappa shape index (κ3) is 4.00. The minimum Gasteiger partial charge on any atom is -0.394 e. The molecule has 1 atom stereocenters. The maximum absolute atomic E-state index is 12.7. The number of aromatic nitrogens is 2. The van der Waals surface area contributed by atoms with E-state index in [1.54, 1.807) is 6.08 Å². The van der Waals surface area contributed by atoms with E-state index >= 15 is 0 Å². The number of nitrogens with one attached hydrogen (secondary N) is 2. The highest BCUT2D eigenvalue weighted by atomic mass is 32.2. The lowest BCUT2D eigenvalue weighted by Crippen LogP contribution is -2.36. The SMILES string of the molecule is O=C(NCC1CCNCC1)C1=C=Cc2c(ncnc2N2c3ccccc3C[C@H]2CO)S1. The first-order chi connectivity index (χ1) is 15.2. The number of benzene rings is 1. The predicted octanol–water partition coefficient (Wildman–Crippen LogP) is 2.25. The van der Waals surface area contributed by atoms with Crippen molar-refractivity contribution in [3.63, 3.8) is 0 Å². The van der Waals surface area contributed by atoms with Gasteiger partial charge in [0.05, 0.1) is 18.2 Å². The van der Waals surface area contributed by atoms with E-state index in [4.69, 9.17) is 0 Å². The number of para-hydroxylation sites is 1. The number of thioether (sulfide) groups is 1. The third-order valence-electron chi connectivity index (χ3n) is 6.10. The van der Waals surface area contributed by atoms with Crippen LogP contribution in [0, 0.1) is 5.92 Å². The van der Waals surface area contributed by atoms with Gasteiger partial charge in [0.25, 0.3) is 5.91 Å². The van der Waals surface area contributed by atoms with Crippen molar-refractivity contribution < 1.29 is 9.90 Å². The molecule has 0 aliphatic carbocycles. The number of nitrogens with zero attached hydrogens (tertiary/aromatic N) is 3. The van der Waals surface area contributed by atoms with Crippen molar-refractivity contribution in [3.05, 3.63) is 52.4 Å². The fraction of sp³-hybridized carbons (Fsp3) is 0.391. The van der Waals surface area contributed by atoms with Crippen LogP contribution in [-0.2, 0) is 11.2 Å². The summed E-state index contributed by atoms with van der Waals surface area (Å²) in [5.41, 5.74) is 6.22. The fourth-order valence-corrected chi connectivity index (χ4v) is 5.28. The number of piperidine rings is 1. The molecule has 5 rings (SSSR count). The van der Waals surface area contributed by atoms with Crippen LogP contribution in [0.2, 0.25) is 0 Å². The molecule has 0 spiro atoms. The summed E-state index contributed by atoms with van der Waals surface area (Å²) in [5.74, 6) is 1.16. The Morgan fingerprint density at radius 2 is 2.13 bits per heavy atom. The van der Waals surface area contributed by atoms with Crippen LogP contribution in [0.1, 0.15) is 24.0 Å². The number of hydrogen-bond donors (Lipinski definition) is 3.